The average molecular weight is 491 g/mol. The predicted octanol–water partition coefficient (Wildman–Crippen LogP) is 4.12. The highest BCUT2D eigenvalue weighted by Crippen LogP contribution is 2.43. The largest absolute Gasteiger partial charge is 0.493 e. The standard InChI is InChI=1S/C29H34N2O5/c1-34-26-18-22(12-14-25(26)36-16-15-35-19-20-7-3-2-4-8-20)29(33)31-24-13-11-21(17-24)27(31)28(32)30-23-9-5-6-10-23/h2-8,12,14,18,21,23-24,27H,9-11,13,15-17,19H2,1H3,(H,30,32). The first-order chi connectivity index (χ1) is 17.6. The maximum atomic E-state index is 13.6. The zero-order chi connectivity index (χ0) is 24.9. The van der Waals surface area contributed by atoms with Crippen LogP contribution in [0.2, 0.25) is 0 Å². The number of nitrogens with one attached hydrogen (secondary N) is 1. The number of amides is 2. The van der Waals surface area contributed by atoms with Gasteiger partial charge >= 0.3 is 0 Å². The molecule has 0 spiro atoms. The number of ether oxygens (including phenoxy) is 3. The van der Waals surface area contributed by atoms with Crippen LogP contribution in [0, 0.1) is 5.92 Å². The van der Waals surface area contributed by atoms with Gasteiger partial charge in [0.05, 0.1) is 20.3 Å². The van der Waals surface area contributed by atoms with Crippen LogP contribution in [0.3, 0.4) is 0 Å². The lowest BCUT2D eigenvalue weighted by Gasteiger charge is -2.35. The molecule has 2 aliphatic carbocycles. The van der Waals surface area contributed by atoms with E-state index in [1.165, 1.54) is 0 Å². The molecule has 3 atom stereocenters. The summed E-state index contributed by atoms with van der Waals surface area (Å²) >= 11 is 0. The van der Waals surface area contributed by atoms with Crippen molar-refractivity contribution in [2.75, 3.05) is 20.3 Å². The van der Waals surface area contributed by atoms with Gasteiger partial charge in [-0.3, -0.25) is 9.59 Å². The van der Waals surface area contributed by atoms with Crippen molar-refractivity contribution in [1.29, 1.82) is 0 Å². The molecule has 3 aliphatic rings. The Balaban J connectivity index is 1.20. The number of nitrogens with zero attached hydrogens (tertiary/aromatic N) is 1. The van der Waals surface area contributed by atoms with Gasteiger partial charge in [-0.15, -0.1) is 0 Å². The van der Waals surface area contributed by atoms with Crippen LogP contribution in [-0.4, -0.2) is 55.2 Å². The summed E-state index contributed by atoms with van der Waals surface area (Å²) in [7, 11) is 1.56. The smallest absolute Gasteiger partial charge is 0.254 e. The molecule has 2 fully saturated rings. The Morgan fingerprint density at radius 1 is 1.00 bits per heavy atom. The molecule has 190 valence electrons. The molecular formula is C29H34N2O5. The first-order valence-corrected chi connectivity index (χ1v) is 12.8. The summed E-state index contributed by atoms with van der Waals surface area (Å²) in [6.45, 7) is 1.33. The summed E-state index contributed by atoms with van der Waals surface area (Å²) in [6.07, 6.45) is 8.76. The van der Waals surface area contributed by atoms with Gasteiger partial charge in [-0.25, -0.2) is 0 Å². The Morgan fingerprint density at radius 2 is 1.81 bits per heavy atom. The lowest BCUT2D eigenvalue weighted by atomic mass is 9.96. The molecule has 7 heteroatoms. The van der Waals surface area contributed by atoms with E-state index >= 15 is 0 Å². The van der Waals surface area contributed by atoms with Crippen molar-refractivity contribution < 1.29 is 23.8 Å². The van der Waals surface area contributed by atoms with E-state index in [4.69, 9.17) is 14.2 Å². The van der Waals surface area contributed by atoms with Crippen LogP contribution < -0.4 is 14.8 Å². The van der Waals surface area contributed by atoms with Crippen LogP contribution in [0.1, 0.15) is 48.0 Å². The maximum Gasteiger partial charge on any atom is 0.254 e. The van der Waals surface area contributed by atoms with Gasteiger partial charge in [0.1, 0.15) is 12.6 Å². The summed E-state index contributed by atoms with van der Waals surface area (Å²) in [4.78, 5) is 28.6. The summed E-state index contributed by atoms with van der Waals surface area (Å²) < 4.78 is 17.1. The van der Waals surface area contributed by atoms with Crippen LogP contribution in [-0.2, 0) is 16.1 Å². The van der Waals surface area contributed by atoms with Gasteiger partial charge in [-0.05, 0) is 61.8 Å². The van der Waals surface area contributed by atoms with Crippen LogP contribution in [0.25, 0.3) is 0 Å². The minimum absolute atomic E-state index is 0.0216. The van der Waals surface area contributed by atoms with Crippen LogP contribution in [0.5, 0.6) is 11.5 Å². The topological polar surface area (TPSA) is 77.1 Å². The molecular weight excluding hydrogens is 456 g/mol. The van der Waals surface area contributed by atoms with Crippen molar-refractivity contribution in [3.8, 4) is 11.5 Å². The number of piperidine rings is 1. The van der Waals surface area contributed by atoms with Gasteiger partial charge < -0.3 is 24.4 Å². The molecule has 1 heterocycles. The molecule has 0 aromatic heterocycles. The third-order valence-electron chi connectivity index (χ3n) is 7.45. The fraction of sp³-hybridized carbons (Fsp3) is 0.448. The molecule has 5 rings (SSSR count). The van der Waals surface area contributed by atoms with Crippen molar-refractivity contribution in [2.24, 2.45) is 5.92 Å². The first kappa shape index (κ1) is 24.4. The summed E-state index contributed by atoms with van der Waals surface area (Å²) in [5, 5.41) is 3.17. The van der Waals surface area contributed by atoms with Crippen LogP contribution in [0.15, 0.2) is 60.7 Å². The molecule has 2 aromatic rings. The first-order valence-electron chi connectivity index (χ1n) is 12.8. The maximum absolute atomic E-state index is 13.6. The Morgan fingerprint density at radius 3 is 2.58 bits per heavy atom. The predicted molar refractivity (Wildman–Crippen MR) is 136 cm³/mol. The van der Waals surface area contributed by atoms with E-state index in [1.807, 2.05) is 35.2 Å². The van der Waals surface area contributed by atoms with E-state index in [1.54, 1.807) is 25.3 Å². The second-order valence-corrected chi connectivity index (χ2v) is 9.78. The number of likely N-dealkylation sites (tertiary alicyclic amines) is 1. The van der Waals surface area contributed by atoms with Gasteiger partial charge in [0.2, 0.25) is 5.91 Å². The van der Waals surface area contributed by atoms with Gasteiger partial charge in [0.15, 0.2) is 11.5 Å². The van der Waals surface area contributed by atoms with E-state index in [0.717, 1.165) is 37.7 Å². The van der Waals surface area contributed by atoms with Crippen LogP contribution in [0.4, 0.5) is 0 Å². The van der Waals surface area contributed by atoms with Crippen molar-refractivity contribution in [3.63, 3.8) is 0 Å². The Bertz CT molecular complexity index is 1090. The highest BCUT2D eigenvalue weighted by molar-refractivity contribution is 5.99. The highest BCUT2D eigenvalue weighted by Gasteiger charge is 2.51. The highest BCUT2D eigenvalue weighted by atomic mass is 16.5. The fourth-order valence-electron chi connectivity index (χ4n) is 5.68. The summed E-state index contributed by atoms with van der Waals surface area (Å²) in [5.74, 6) is 1.14. The monoisotopic (exact) mass is 490 g/mol. The Kier molecular flexibility index (Phi) is 7.56. The summed E-state index contributed by atoms with van der Waals surface area (Å²) in [5.41, 5.74) is 1.62. The van der Waals surface area contributed by atoms with E-state index in [2.05, 4.69) is 17.5 Å². The minimum Gasteiger partial charge on any atom is -0.493 e. The third-order valence-corrected chi connectivity index (χ3v) is 7.45. The normalized spacial score (nSPS) is 22.7. The fourth-order valence-corrected chi connectivity index (χ4v) is 5.68. The molecule has 1 saturated heterocycles. The zero-order valence-electron chi connectivity index (χ0n) is 20.7. The number of rotatable bonds is 10. The minimum atomic E-state index is -0.402. The van der Waals surface area contributed by atoms with E-state index < -0.39 is 6.04 Å². The number of carbonyl (C=O) groups is 2. The molecule has 2 aromatic carbocycles. The lowest BCUT2D eigenvalue weighted by Crippen LogP contribution is -2.54. The Hall–Kier alpha value is -3.32. The average Bonchev–Trinajstić information content (AvgIpc) is 3.67. The van der Waals surface area contributed by atoms with Gasteiger partial charge in [-0.2, -0.15) is 0 Å². The van der Waals surface area contributed by atoms with E-state index in [9.17, 15) is 9.59 Å². The number of hydrogen-bond acceptors (Lipinski definition) is 5. The molecule has 1 aliphatic heterocycles. The lowest BCUT2D eigenvalue weighted by molar-refractivity contribution is -0.127. The quantitative estimate of drug-likeness (QED) is 0.401. The number of benzene rings is 2. The van der Waals surface area contributed by atoms with Crippen molar-refractivity contribution in [3.05, 3.63) is 71.8 Å². The molecule has 7 nitrogen and oxygen atoms in total. The Labute approximate surface area is 212 Å². The van der Waals surface area contributed by atoms with E-state index in [-0.39, 0.29) is 29.8 Å². The number of methoxy groups -OCH3 is 1. The van der Waals surface area contributed by atoms with Gasteiger partial charge in [-0.1, -0.05) is 42.5 Å². The third kappa shape index (κ3) is 5.26. The van der Waals surface area contributed by atoms with Gasteiger partial charge in [0, 0.05) is 17.6 Å². The molecule has 1 saturated carbocycles. The molecule has 2 bridgehead atoms. The molecule has 3 unspecified atom stereocenters. The molecule has 1 N–H and O–H groups in total. The van der Waals surface area contributed by atoms with Crippen molar-refractivity contribution in [2.45, 2.75) is 56.8 Å². The second kappa shape index (κ2) is 11.2. The zero-order valence-corrected chi connectivity index (χ0v) is 20.7. The van der Waals surface area contributed by atoms with E-state index in [0.29, 0.717) is 36.9 Å². The number of carbonyl (C=O) groups excluding carboxylic acids is 2. The van der Waals surface area contributed by atoms with Crippen molar-refractivity contribution >= 4 is 11.8 Å². The van der Waals surface area contributed by atoms with Crippen LogP contribution >= 0.6 is 0 Å². The number of fused-ring (bicyclic) bond motifs is 2. The molecule has 36 heavy (non-hydrogen) atoms. The molecule has 2 amide bonds. The number of hydrogen-bond donors (Lipinski definition) is 1. The second-order valence-electron chi connectivity index (χ2n) is 9.78. The SMILES string of the molecule is COc1cc(C(=O)N2C3CCC(C3)C2C(=O)NC2CC=CC2)ccc1OCCOCc1ccccc1. The summed E-state index contributed by atoms with van der Waals surface area (Å²) in [6, 6.07) is 15.1. The molecule has 0 radical (unpaired) electrons. The van der Waals surface area contributed by atoms with Crippen molar-refractivity contribution in [1.82, 2.24) is 10.2 Å². The van der Waals surface area contributed by atoms with Gasteiger partial charge in [0.25, 0.3) is 5.91 Å².